The predicted molar refractivity (Wildman–Crippen MR) is 66.0 cm³/mol. The van der Waals surface area contributed by atoms with Gasteiger partial charge in [-0.1, -0.05) is 6.92 Å². The first-order valence-electron chi connectivity index (χ1n) is 5.71. The van der Waals surface area contributed by atoms with E-state index in [1.54, 1.807) is 0 Å². The van der Waals surface area contributed by atoms with Crippen molar-refractivity contribution >= 4 is 17.7 Å². The summed E-state index contributed by atoms with van der Waals surface area (Å²) < 4.78 is 0. The van der Waals surface area contributed by atoms with Crippen molar-refractivity contribution in [1.29, 1.82) is 0 Å². The molecule has 0 aliphatic carbocycles. The lowest BCUT2D eigenvalue weighted by atomic mass is 10.0. The Bertz CT molecular complexity index is 205. The van der Waals surface area contributed by atoms with Gasteiger partial charge in [0.15, 0.2) is 0 Å². The molecule has 0 aromatic carbocycles. The molecule has 2 unspecified atom stereocenters. The third-order valence-electron chi connectivity index (χ3n) is 3.06. The Labute approximate surface area is 96.8 Å². The van der Waals surface area contributed by atoms with Gasteiger partial charge in [0.2, 0.25) is 5.91 Å². The molecule has 4 heteroatoms. The molecule has 88 valence electrons. The average Bonchev–Trinajstić information content (AvgIpc) is 2.77. The SMILES string of the molecule is CC(CCCN)C(=O)N(C)C1CCSC1. The summed E-state index contributed by atoms with van der Waals surface area (Å²) in [6, 6.07) is 0.461. The number of carbonyl (C=O) groups is 1. The second-order valence-electron chi connectivity index (χ2n) is 4.30. The Hall–Kier alpha value is -0.220. The van der Waals surface area contributed by atoms with Crippen LogP contribution in [0, 0.1) is 5.92 Å². The van der Waals surface area contributed by atoms with Gasteiger partial charge in [-0.3, -0.25) is 4.79 Å². The zero-order valence-electron chi connectivity index (χ0n) is 9.74. The topological polar surface area (TPSA) is 46.3 Å². The van der Waals surface area contributed by atoms with Crippen molar-refractivity contribution in [3.8, 4) is 0 Å². The number of nitrogens with zero attached hydrogens (tertiary/aromatic N) is 1. The summed E-state index contributed by atoms with van der Waals surface area (Å²) in [5, 5.41) is 0. The highest BCUT2D eigenvalue weighted by Gasteiger charge is 2.26. The minimum absolute atomic E-state index is 0.129. The molecule has 1 amide bonds. The quantitative estimate of drug-likeness (QED) is 0.775. The number of nitrogens with two attached hydrogens (primary N) is 1. The molecule has 0 saturated carbocycles. The standard InChI is InChI=1S/C11H22N2OS/c1-9(4-3-6-12)11(14)13(2)10-5-7-15-8-10/h9-10H,3-8,12H2,1-2H3. The Balaban J connectivity index is 2.36. The fourth-order valence-electron chi connectivity index (χ4n) is 1.90. The van der Waals surface area contributed by atoms with Gasteiger partial charge in [0.1, 0.15) is 0 Å². The van der Waals surface area contributed by atoms with Crippen LogP contribution in [-0.2, 0) is 4.79 Å². The summed E-state index contributed by atoms with van der Waals surface area (Å²) in [4.78, 5) is 14.0. The molecule has 0 spiro atoms. The smallest absolute Gasteiger partial charge is 0.225 e. The van der Waals surface area contributed by atoms with Crippen molar-refractivity contribution < 1.29 is 4.79 Å². The van der Waals surface area contributed by atoms with Crippen molar-refractivity contribution in [2.45, 2.75) is 32.2 Å². The lowest BCUT2D eigenvalue weighted by Gasteiger charge is -2.26. The van der Waals surface area contributed by atoms with Crippen molar-refractivity contribution in [1.82, 2.24) is 4.90 Å². The van der Waals surface area contributed by atoms with Crippen LogP contribution in [0.1, 0.15) is 26.2 Å². The maximum Gasteiger partial charge on any atom is 0.225 e. The first-order valence-corrected chi connectivity index (χ1v) is 6.86. The summed E-state index contributed by atoms with van der Waals surface area (Å²) in [5.74, 6) is 2.71. The van der Waals surface area contributed by atoms with E-state index in [2.05, 4.69) is 0 Å². The first-order chi connectivity index (χ1) is 7.16. The zero-order chi connectivity index (χ0) is 11.3. The fourth-order valence-corrected chi connectivity index (χ4v) is 3.17. The van der Waals surface area contributed by atoms with Crippen LogP contribution in [0.4, 0.5) is 0 Å². The normalized spacial score (nSPS) is 22.7. The van der Waals surface area contributed by atoms with Gasteiger partial charge in [-0.25, -0.2) is 0 Å². The summed E-state index contributed by atoms with van der Waals surface area (Å²) in [6.07, 6.45) is 3.01. The number of amides is 1. The summed E-state index contributed by atoms with van der Waals surface area (Å²) >= 11 is 1.94. The Morgan fingerprint density at radius 3 is 2.93 bits per heavy atom. The van der Waals surface area contributed by atoms with Gasteiger partial charge in [0, 0.05) is 24.8 Å². The van der Waals surface area contributed by atoms with Crippen LogP contribution in [0.25, 0.3) is 0 Å². The zero-order valence-corrected chi connectivity index (χ0v) is 10.6. The molecule has 0 aromatic heterocycles. The number of hydrogen-bond donors (Lipinski definition) is 1. The number of thioether (sulfide) groups is 1. The third kappa shape index (κ3) is 3.68. The molecule has 1 fully saturated rings. The molecule has 2 atom stereocenters. The largest absolute Gasteiger partial charge is 0.342 e. The molecular weight excluding hydrogens is 208 g/mol. The molecule has 2 N–H and O–H groups in total. The highest BCUT2D eigenvalue weighted by Crippen LogP contribution is 2.23. The minimum atomic E-state index is 0.129. The molecular formula is C11H22N2OS. The molecule has 15 heavy (non-hydrogen) atoms. The molecule has 0 radical (unpaired) electrons. The molecule has 1 aliphatic rings. The van der Waals surface area contributed by atoms with E-state index in [1.165, 1.54) is 5.75 Å². The van der Waals surface area contributed by atoms with Gasteiger partial charge in [-0.2, -0.15) is 11.8 Å². The van der Waals surface area contributed by atoms with E-state index in [1.807, 2.05) is 30.6 Å². The summed E-state index contributed by atoms with van der Waals surface area (Å²) in [5.41, 5.74) is 5.45. The van der Waals surface area contributed by atoms with E-state index in [0.29, 0.717) is 12.6 Å². The lowest BCUT2D eigenvalue weighted by Crippen LogP contribution is -2.40. The van der Waals surface area contributed by atoms with E-state index in [9.17, 15) is 4.79 Å². The number of rotatable bonds is 5. The molecule has 1 rings (SSSR count). The summed E-state index contributed by atoms with van der Waals surface area (Å²) in [7, 11) is 1.94. The number of hydrogen-bond acceptors (Lipinski definition) is 3. The van der Waals surface area contributed by atoms with Crippen LogP contribution >= 0.6 is 11.8 Å². The van der Waals surface area contributed by atoms with Crippen LogP contribution in [0.5, 0.6) is 0 Å². The van der Waals surface area contributed by atoms with Gasteiger partial charge in [-0.05, 0) is 31.6 Å². The second-order valence-corrected chi connectivity index (χ2v) is 5.45. The van der Waals surface area contributed by atoms with Crippen LogP contribution in [0.2, 0.25) is 0 Å². The minimum Gasteiger partial charge on any atom is -0.342 e. The van der Waals surface area contributed by atoms with E-state index in [4.69, 9.17) is 5.73 Å². The maximum atomic E-state index is 12.0. The second kappa shape index (κ2) is 6.38. The van der Waals surface area contributed by atoms with Crippen LogP contribution < -0.4 is 5.73 Å². The van der Waals surface area contributed by atoms with Crippen molar-refractivity contribution in [2.75, 3.05) is 25.1 Å². The van der Waals surface area contributed by atoms with Crippen LogP contribution in [0.3, 0.4) is 0 Å². The molecule has 1 saturated heterocycles. The maximum absolute atomic E-state index is 12.0. The monoisotopic (exact) mass is 230 g/mol. The van der Waals surface area contributed by atoms with Gasteiger partial charge in [-0.15, -0.1) is 0 Å². The van der Waals surface area contributed by atoms with E-state index < -0.39 is 0 Å². The molecule has 0 bridgehead atoms. The highest BCUT2D eigenvalue weighted by atomic mass is 32.2. The van der Waals surface area contributed by atoms with Crippen molar-refractivity contribution in [3.05, 3.63) is 0 Å². The Morgan fingerprint density at radius 1 is 1.67 bits per heavy atom. The van der Waals surface area contributed by atoms with E-state index in [0.717, 1.165) is 25.0 Å². The molecule has 1 aliphatic heterocycles. The Kier molecular flexibility index (Phi) is 5.47. The molecule has 1 heterocycles. The molecule has 3 nitrogen and oxygen atoms in total. The lowest BCUT2D eigenvalue weighted by molar-refractivity contribution is -0.135. The average molecular weight is 230 g/mol. The molecule has 0 aromatic rings. The Morgan fingerprint density at radius 2 is 2.40 bits per heavy atom. The third-order valence-corrected chi connectivity index (χ3v) is 4.21. The van der Waals surface area contributed by atoms with E-state index >= 15 is 0 Å². The van der Waals surface area contributed by atoms with Crippen LogP contribution in [-0.4, -0.2) is 41.9 Å². The van der Waals surface area contributed by atoms with Crippen LogP contribution in [0.15, 0.2) is 0 Å². The van der Waals surface area contributed by atoms with Gasteiger partial charge >= 0.3 is 0 Å². The fraction of sp³-hybridized carbons (Fsp3) is 0.909. The van der Waals surface area contributed by atoms with Gasteiger partial charge in [0.05, 0.1) is 0 Å². The summed E-state index contributed by atoms with van der Waals surface area (Å²) in [6.45, 7) is 2.69. The van der Waals surface area contributed by atoms with Gasteiger partial charge in [0.25, 0.3) is 0 Å². The van der Waals surface area contributed by atoms with Crippen molar-refractivity contribution in [2.24, 2.45) is 11.7 Å². The number of carbonyl (C=O) groups excluding carboxylic acids is 1. The van der Waals surface area contributed by atoms with Crippen molar-refractivity contribution in [3.63, 3.8) is 0 Å². The van der Waals surface area contributed by atoms with Gasteiger partial charge < -0.3 is 10.6 Å². The van der Waals surface area contributed by atoms with E-state index in [-0.39, 0.29) is 11.8 Å². The predicted octanol–water partition coefficient (Wildman–Crippen LogP) is 1.33. The highest BCUT2D eigenvalue weighted by molar-refractivity contribution is 7.99. The first kappa shape index (κ1) is 12.8.